The Morgan fingerprint density at radius 3 is 2.54 bits per heavy atom. The van der Waals surface area contributed by atoms with Crippen LogP contribution in [0.25, 0.3) is 5.69 Å². The van der Waals surface area contributed by atoms with Gasteiger partial charge in [-0.2, -0.15) is 5.10 Å². The van der Waals surface area contributed by atoms with Crippen molar-refractivity contribution in [1.82, 2.24) is 14.7 Å². The van der Waals surface area contributed by atoms with E-state index >= 15 is 0 Å². The highest BCUT2D eigenvalue weighted by molar-refractivity contribution is 6.33. The molecule has 0 bridgehead atoms. The Kier molecular flexibility index (Phi) is 5.96. The summed E-state index contributed by atoms with van der Waals surface area (Å²) in [6.45, 7) is -0.126. The smallest absolute Gasteiger partial charge is 0.274 e. The minimum absolute atomic E-state index is 0.126. The van der Waals surface area contributed by atoms with Crippen LogP contribution in [0, 0.1) is 0 Å². The molecule has 0 radical (unpaired) electrons. The molecule has 1 aromatic heterocycles. The second-order valence-corrected chi connectivity index (χ2v) is 6.44. The van der Waals surface area contributed by atoms with Crippen molar-refractivity contribution in [3.05, 3.63) is 71.5 Å². The molecule has 2 amide bonds. The highest BCUT2D eigenvalue weighted by Gasteiger charge is 2.18. The fourth-order valence-electron chi connectivity index (χ4n) is 2.55. The second-order valence-electron chi connectivity index (χ2n) is 6.03. The number of aromatic nitrogens is 2. The van der Waals surface area contributed by atoms with Gasteiger partial charge in [0.2, 0.25) is 5.91 Å². The first-order chi connectivity index (χ1) is 13.5. The van der Waals surface area contributed by atoms with Crippen molar-refractivity contribution in [3.63, 3.8) is 0 Å². The van der Waals surface area contributed by atoms with E-state index in [4.69, 9.17) is 16.3 Å². The molecule has 2 aromatic carbocycles. The van der Waals surface area contributed by atoms with E-state index in [0.29, 0.717) is 10.7 Å². The van der Waals surface area contributed by atoms with Crippen molar-refractivity contribution in [3.8, 4) is 11.4 Å². The van der Waals surface area contributed by atoms with E-state index in [1.165, 1.54) is 4.90 Å². The SMILES string of the molecule is COc1ccc(-n2ccc(C(=O)N(C)CC(=O)Nc3ccccc3Cl)n2)cc1. The number of likely N-dealkylation sites (N-methyl/N-ethyl adjacent to an activating group) is 1. The molecule has 0 aliphatic heterocycles. The first-order valence-electron chi connectivity index (χ1n) is 8.48. The lowest BCUT2D eigenvalue weighted by Gasteiger charge is -2.16. The lowest BCUT2D eigenvalue weighted by molar-refractivity contribution is -0.116. The van der Waals surface area contributed by atoms with Crippen LogP contribution in [0.1, 0.15) is 10.5 Å². The number of benzene rings is 2. The van der Waals surface area contributed by atoms with Gasteiger partial charge in [0.25, 0.3) is 5.91 Å². The summed E-state index contributed by atoms with van der Waals surface area (Å²) in [4.78, 5) is 26.1. The molecular formula is C20H19ClN4O3. The first kappa shape index (κ1) is 19.4. The summed E-state index contributed by atoms with van der Waals surface area (Å²) < 4.78 is 6.72. The maximum atomic E-state index is 12.6. The second kappa shape index (κ2) is 8.58. The third-order valence-electron chi connectivity index (χ3n) is 4.02. The van der Waals surface area contributed by atoms with Crippen LogP contribution < -0.4 is 10.1 Å². The number of hydrogen-bond donors (Lipinski definition) is 1. The van der Waals surface area contributed by atoms with Crippen LogP contribution >= 0.6 is 11.6 Å². The van der Waals surface area contributed by atoms with E-state index in [1.54, 1.807) is 55.4 Å². The number of carbonyl (C=O) groups is 2. The number of hydrogen-bond acceptors (Lipinski definition) is 4. The summed E-state index contributed by atoms with van der Waals surface area (Å²) in [5.74, 6) is 0.0246. The topological polar surface area (TPSA) is 76.5 Å². The van der Waals surface area contributed by atoms with Gasteiger partial charge < -0.3 is 15.0 Å². The minimum atomic E-state index is -0.360. The average molecular weight is 399 g/mol. The Balaban J connectivity index is 1.64. The van der Waals surface area contributed by atoms with Crippen molar-refractivity contribution in [2.45, 2.75) is 0 Å². The van der Waals surface area contributed by atoms with Crippen LogP contribution in [-0.4, -0.2) is 47.2 Å². The molecule has 0 spiro atoms. The predicted molar refractivity (Wildman–Crippen MR) is 107 cm³/mol. The molecule has 0 aliphatic carbocycles. The summed E-state index contributed by atoms with van der Waals surface area (Å²) in [6, 6.07) is 15.8. The highest BCUT2D eigenvalue weighted by atomic mass is 35.5. The van der Waals surface area contributed by atoms with Crippen molar-refractivity contribution in [2.75, 3.05) is 26.0 Å². The molecule has 144 valence electrons. The number of nitrogens with one attached hydrogen (secondary N) is 1. The van der Waals surface area contributed by atoms with Crippen molar-refractivity contribution in [1.29, 1.82) is 0 Å². The molecule has 0 saturated carbocycles. The molecule has 3 aromatic rings. The fraction of sp³-hybridized carbons (Fsp3) is 0.150. The van der Waals surface area contributed by atoms with Gasteiger partial charge in [-0.3, -0.25) is 9.59 Å². The summed E-state index contributed by atoms with van der Waals surface area (Å²) in [6.07, 6.45) is 1.69. The van der Waals surface area contributed by atoms with Crippen molar-refractivity contribution < 1.29 is 14.3 Å². The van der Waals surface area contributed by atoms with Crippen LogP contribution in [0.3, 0.4) is 0 Å². The van der Waals surface area contributed by atoms with Crippen LogP contribution in [0.5, 0.6) is 5.75 Å². The highest BCUT2D eigenvalue weighted by Crippen LogP contribution is 2.20. The zero-order valence-corrected chi connectivity index (χ0v) is 16.2. The zero-order chi connectivity index (χ0) is 20.1. The van der Waals surface area contributed by atoms with Gasteiger partial charge in [0.1, 0.15) is 5.75 Å². The van der Waals surface area contributed by atoms with E-state index in [9.17, 15) is 9.59 Å². The van der Waals surface area contributed by atoms with Gasteiger partial charge in [0, 0.05) is 13.2 Å². The molecule has 3 rings (SSSR count). The van der Waals surface area contributed by atoms with Gasteiger partial charge in [-0.1, -0.05) is 23.7 Å². The third-order valence-corrected chi connectivity index (χ3v) is 4.35. The largest absolute Gasteiger partial charge is 0.497 e. The van der Waals surface area contributed by atoms with Crippen LogP contribution in [-0.2, 0) is 4.79 Å². The minimum Gasteiger partial charge on any atom is -0.497 e. The van der Waals surface area contributed by atoms with Crippen molar-refractivity contribution >= 4 is 29.1 Å². The zero-order valence-electron chi connectivity index (χ0n) is 15.4. The number of para-hydroxylation sites is 1. The molecule has 0 fully saturated rings. The van der Waals surface area contributed by atoms with Crippen LogP contribution in [0.2, 0.25) is 5.02 Å². The molecule has 1 N–H and O–H groups in total. The van der Waals surface area contributed by atoms with Crippen molar-refractivity contribution in [2.24, 2.45) is 0 Å². The lowest BCUT2D eigenvalue weighted by atomic mass is 10.3. The summed E-state index contributed by atoms with van der Waals surface area (Å²) in [7, 11) is 3.14. The Labute approximate surface area is 167 Å². The normalized spacial score (nSPS) is 10.4. The van der Waals surface area contributed by atoms with Crippen LogP contribution in [0.15, 0.2) is 60.8 Å². The molecule has 0 aliphatic rings. The van der Waals surface area contributed by atoms with Gasteiger partial charge >= 0.3 is 0 Å². The molecule has 1 heterocycles. The molecular weight excluding hydrogens is 380 g/mol. The van der Waals surface area contributed by atoms with E-state index in [2.05, 4.69) is 10.4 Å². The molecule has 7 nitrogen and oxygen atoms in total. The number of anilines is 1. The number of carbonyl (C=O) groups excluding carboxylic acids is 2. The Morgan fingerprint density at radius 2 is 1.86 bits per heavy atom. The average Bonchev–Trinajstić information content (AvgIpc) is 3.19. The standard InChI is InChI=1S/C20H19ClN4O3/c1-24(13-19(26)22-17-6-4-3-5-16(17)21)20(27)18-11-12-25(23-18)14-7-9-15(28-2)10-8-14/h3-12H,13H2,1-2H3,(H,22,26). The number of nitrogens with zero attached hydrogens (tertiary/aromatic N) is 3. The maximum absolute atomic E-state index is 12.6. The number of ether oxygens (including phenoxy) is 1. The van der Waals surface area contributed by atoms with Gasteiger partial charge in [0.05, 0.1) is 30.1 Å². The van der Waals surface area contributed by atoms with Gasteiger partial charge in [-0.05, 0) is 42.5 Å². The summed E-state index contributed by atoms with van der Waals surface area (Å²) in [5, 5.41) is 7.41. The summed E-state index contributed by atoms with van der Waals surface area (Å²) >= 11 is 6.03. The number of amides is 2. The van der Waals surface area contributed by atoms with E-state index in [0.717, 1.165) is 11.4 Å². The van der Waals surface area contributed by atoms with E-state index < -0.39 is 0 Å². The summed E-state index contributed by atoms with van der Waals surface area (Å²) in [5.41, 5.74) is 1.53. The quantitative estimate of drug-likeness (QED) is 0.691. The van der Waals surface area contributed by atoms with Gasteiger partial charge in [0.15, 0.2) is 5.69 Å². The van der Waals surface area contributed by atoms with E-state index in [-0.39, 0.29) is 24.1 Å². The fourth-order valence-corrected chi connectivity index (χ4v) is 2.73. The number of halogens is 1. The van der Waals surface area contributed by atoms with Gasteiger partial charge in [-0.15, -0.1) is 0 Å². The molecule has 8 heteroatoms. The Bertz CT molecular complexity index is 985. The molecule has 28 heavy (non-hydrogen) atoms. The number of methoxy groups -OCH3 is 1. The Morgan fingerprint density at radius 1 is 1.14 bits per heavy atom. The van der Waals surface area contributed by atoms with Gasteiger partial charge in [-0.25, -0.2) is 4.68 Å². The molecule has 0 unspecified atom stereocenters. The van der Waals surface area contributed by atoms with Crippen LogP contribution in [0.4, 0.5) is 5.69 Å². The predicted octanol–water partition coefficient (Wildman–Crippen LogP) is 3.25. The first-order valence-corrected chi connectivity index (χ1v) is 8.85. The lowest BCUT2D eigenvalue weighted by Crippen LogP contribution is -2.35. The molecule has 0 saturated heterocycles. The van der Waals surface area contributed by atoms with E-state index in [1.807, 2.05) is 24.3 Å². The number of rotatable bonds is 6. The monoisotopic (exact) mass is 398 g/mol. The molecule has 0 atom stereocenters. The third kappa shape index (κ3) is 4.50. The Hall–Kier alpha value is -3.32. The maximum Gasteiger partial charge on any atom is 0.274 e.